The maximum Gasteiger partial charge on any atom is 0.472 e. The molecule has 0 aliphatic heterocycles. The molecule has 0 aliphatic carbocycles. The van der Waals surface area contributed by atoms with Gasteiger partial charge in [0.05, 0.1) is 13.2 Å². The first-order chi connectivity index (χ1) is 31.6. The minimum absolute atomic E-state index is 0.136. The van der Waals surface area contributed by atoms with Gasteiger partial charge in [-0.25, -0.2) is 9.36 Å². The molecule has 0 saturated heterocycles. The summed E-state index contributed by atoms with van der Waals surface area (Å²) in [6.45, 7) is 2.58. The third-order valence-corrected chi connectivity index (χ3v) is 12.3. The van der Waals surface area contributed by atoms with Crippen LogP contribution in [0.1, 0.15) is 239 Å². The summed E-state index contributed by atoms with van der Waals surface area (Å²) in [6.07, 6.45) is 55.6. The van der Waals surface area contributed by atoms with Crippen molar-refractivity contribution in [1.82, 2.24) is 5.32 Å². The molecule has 0 fully saturated rings. The number of aliphatic hydroxyl groups excluding tert-OH is 1. The minimum Gasteiger partial charge on any atom is -0.480 e. The Kier molecular flexibility index (Phi) is 46.0. The van der Waals surface area contributed by atoms with Gasteiger partial charge in [-0.1, -0.05) is 197 Å². The third kappa shape index (κ3) is 47.7. The van der Waals surface area contributed by atoms with Crippen molar-refractivity contribution in [3.8, 4) is 0 Å². The van der Waals surface area contributed by atoms with Crippen molar-refractivity contribution in [2.24, 2.45) is 0 Å². The van der Waals surface area contributed by atoms with Crippen LogP contribution in [0.5, 0.6) is 0 Å². The lowest BCUT2D eigenvalue weighted by atomic mass is 10.0. The molecule has 378 valence electrons. The number of carboxylic acids is 1. The molecule has 0 saturated carbocycles. The molecule has 0 aliphatic rings. The van der Waals surface area contributed by atoms with Crippen LogP contribution in [0.4, 0.5) is 0 Å². The van der Waals surface area contributed by atoms with Gasteiger partial charge in [-0.15, -0.1) is 0 Å². The van der Waals surface area contributed by atoms with E-state index in [4.69, 9.17) is 13.8 Å². The number of carboxylic acid groups (broad SMARTS) is 1. The average molecular weight is 938 g/mol. The molecular weight excluding hydrogens is 842 g/mol. The molecule has 0 heterocycles. The first-order valence-electron chi connectivity index (χ1n) is 26.2. The molecule has 4 N–H and O–H groups in total. The summed E-state index contributed by atoms with van der Waals surface area (Å²) in [5.41, 5.74) is 0. The van der Waals surface area contributed by atoms with Crippen molar-refractivity contribution >= 4 is 25.7 Å². The predicted molar refractivity (Wildman–Crippen MR) is 268 cm³/mol. The number of rotatable bonds is 49. The number of hydrogen-bond donors (Lipinski definition) is 4. The summed E-state index contributed by atoms with van der Waals surface area (Å²) in [5.74, 6) is -2.38. The number of phosphoric ester groups is 1. The number of aliphatic hydroxyl groups is 1. The van der Waals surface area contributed by atoms with Crippen LogP contribution < -0.4 is 5.32 Å². The van der Waals surface area contributed by atoms with E-state index >= 15 is 0 Å². The Morgan fingerprint density at radius 1 is 0.492 bits per heavy atom. The van der Waals surface area contributed by atoms with Gasteiger partial charge in [0.25, 0.3) is 0 Å². The summed E-state index contributed by atoms with van der Waals surface area (Å²) < 4.78 is 27.0. The molecular formula is C53H96NO10P. The van der Waals surface area contributed by atoms with E-state index in [9.17, 15) is 34.1 Å². The Hall–Kier alpha value is -2.56. The molecule has 3 atom stereocenters. The van der Waals surface area contributed by atoms with E-state index in [-0.39, 0.29) is 12.8 Å². The van der Waals surface area contributed by atoms with E-state index in [1.54, 1.807) is 0 Å². The van der Waals surface area contributed by atoms with Crippen LogP contribution in [0.2, 0.25) is 0 Å². The number of nitrogens with one attached hydrogen (secondary N) is 1. The Balaban J connectivity index is 3.81. The number of carbonyl (C=O) groups excluding carboxylic acids is 2. The van der Waals surface area contributed by atoms with E-state index in [0.717, 1.165) is 64.2 Å². The number of phosphoric acid groups is 1. The highest BCUT2D eigenvalue weighted by molar-refractivity contribution is 7.47. The summed E-state index contributed by atoms with van der Waals surface area (Å²) >= 11 is 0. The SMILES string of the molecule is CCCCC/C=C\C/C=C\CCCCCCCCCCCCCCCC(=O)OCC(O)COP(=O)(O)OCC(NC(=O)CCCCCCCCC/C=C\C/C=C\CCCCCC)C(=O)O. The number of unbranched alkanes of at least 4 members (excludes halogenated alkanes) is 27. The number of allylic oxidation sites excluding steroid dienone is 8. The van der Waals surface area contributed by atoms with E-state index in [0.29, 0.717) is 12.8 Å². The van der Waals surface area contributed by atoms with Gasteiger partial charge in [0.15, 0.2) is 6.04 Å². The van der Waals surface area contributed by atoms with Crippen molar-refractivity contribution in [1.29, 1.82) is 0 Å². The van der Waals surface area contributed by atoms with E-state index < -0.39 is 57.6 Å². The van der Waals surface area contributed by atoms with Crippen LogP contribution in [-0.2, 0) is 32.7 Å². The zero-order valence-electron chi connectivity index (χ0n) is 41.3. The van der Waals surface area contributed by atoms with Gasteiger partial charge in [0, 0.05) is 12.8 Å². The summed E-state index contributed by atoms with van der Waals surface area (Å²) in [5, 5.41) is 21.9. The monoisotopic (exact) mass is 938 g/mol. The van der Waals surface area contributed by atoms with Gasteiger partial charge in [0.2, 0.25) is 5.91 Å². The van der Waals surface area contributed by atoms with E-state index in [1.165, 1.54) is 135 Å². The fraction of sp³-hybridized carbons (Fsp3) is 0.792. The molecule has 0 rings (SSSR count). The zero-order valence-corrected chi connectivity index (χ0v) is 42.2. The molecule has 0 aromatic heterocycles. The van der Waals surface area contributed by atoms with Gasteiger partial charge in [-0.2, -0.15) is 0 Å². The lowest BCUT2D eigenvalue weighted by molar-refractivity contribution is -0.147. The molecule has 0 aromatic carbocycles. The van der Waals surface area contributed by atoms with Crippen molar-refractivity contribution in [3.63, 3.8) is 0 Å². The van der Waals surface area contributed by atoms with Gasteiger partial charge < -0.3 is 25.2 Å². The molecule has 1 amide bonds. The average Bonchev–Trinajstić information content (AvgIpc) is 3.28. The van der Waals surface area contributed by atoms with Crippen molar-refractivity contribution in [2.75, 3.05) is 19.8 Å². The highest BCUT2D eigenvalue weighted by Crippen LogP contribution is 2.43. The standard InChI is InChI=1S/C53H96NO10P/c1-3-5-7-9-11-13-15-17-19-21-23-24-25-26-27-29-31-33-35-37-39-41-43-45-52(57)62-46-49(55)47-63-65(60,61)64-48-50(53(58)59)54-51(56)44-42-40-38-36-34-32-30-28-22-20-18-16-14-12-10-8-6-4-2/h11,13-14,16-17,19-20,22,49-50,55H,3-10,12,15,18,21,23-48H2,1-2H3,(H,54,56)(H,58,59)(H,60,61)/b13-11-,16-14-,19-17-,22-20-. The minimum atomic E-state index is -4.77. The molecule has 3 unspecified atom stereocenters. The van der Waals surface area contributed by atoms with E-state index in [2.05, 4.69) is 67.8 Å². The number of amides is 1. The largest absolute Gasteiger partial charge is 0.480 e. The fourth-order valence-corrected chi connectivity index (χ4v) is 8.03. The van der Waals surface area contributed by atoms with Crippen LogP contribution in [0.25, 0.3) is 0 Å². The lowest BCUT2D eigenvalue weighted by Gasteiger charge is -2.18. The Morgan fingerprint density at radius 3 is 1.28 bits per heavy atom. The topological polar surface area (TPSA) is 169 Å². The molecule has 65 heavy (non-hydrogen) atoms. The maximum absolute atomic E-state index is 12.4. The number of aliphatic carboxylic acids is 1. The molecule has 0 spiro atoms. The highest BCUT2D eigenvalue weighted by atomic mass is 31.2. The number of hydrogen-bond acceptors (Lipinski definition) is 8. The predicted octanol–water partition coefficient (Wildman–Crippen LogP) is 14.5. The van der Waals surface area contributed by atoms with E-state index in [1.807, 2.05) is 0 Å². The fourth-order valence-electron chi connectivity index (χ4n) is 7.26. The van der Waals surface area contributed by atoms with Gasteiger partial charge in [0.1, 0.15) is 12.7 Å². The number of carbonyl (C=O) groups is 3. The van der Waals surface area contributed by atoms with Crippen LogP contribution in [-0.4, -0.2) is 64.9 Å². The third-order valence-electron chi connectivity index (χ3n) is 11.3. The quantitative estimate of drug-likeness (QED) is 0.0199. The maximum atomic E-state index is 12.4. The second kappa shape index (κ2) is 47.9. The van der Waals surface area contributed by atoms with Gasteiger partial charge in [-0.05, 0) is 77.0 Å². The van der Waals surface area contributed by atoms with Gasteiger partial charge >= 0.3 is 19.8 Å². The first-order valence-corrected chi connectivity index (χ1v) is 27.7. The van der Waals surface area contributed by atoms with Crippen molar-refractivity contribution in [2.45, 2.75) is 251 Å². The number of ether oxygens (including phenoxy) is 1. The van der Waals surface area contributed by atoms with Crippen LogP contribution in [0.15, 0.2) is 48.6 Å². The zero-order chi connectivity index (χ0) is 47.7. The van der Waals surface area contributed by atoms with Crippen molar-refractivity contribution in [3.05, 3.63) is 48.6 Å². The van der Waals surface area contributed by atoms with Crippen molar-refractivity contribution < 1.29 is 47.8 Å². The molecule has 0 radical (unpaired) electrons. The molecule has 0 bridgehead atoms. The van der Waals surface area contributed by atoms with Crippen LogP contribution in [0, 0.1) is 0 Å². The summed E-state index contributed by atoms with van der Waals surface area (Å²) in [4.78, 5) is 46.1. The molecule has 12 heteroatoms. The Bertz CT molecular complexity index is 1280. The number of esters is 1. The highest BCUT2D eigenvalue weighted by Gasteiger charge is 2.28. The molecule has 11 nitrogen and oxygen atoms in total. The second-order valence-electron chi connectivity index (χ2n) is 17.7. The van der Waals surface area contributed by atoms with Crippen LogP contribution >= 0.6 is 7.82 Å². The normalized spacial score (nSPS) is 13.9. The Morgan fingerprint density at radius 2 is 0.846 bits per heavy atom. The smallest absolute Gasteiger partial charge is 0.472 e. The summed E-state index contributed by atoms with van der Waals surface area (Å²) in [6, 6.07) is -1.55. The van der Waals surface area contributed by atoms with Crippen LogP contribution in [0.3, 0.4) is 0 Å². The Labute approximate surface area is 396 Å². The molecule has 0 aromatic rings. The first kappa shape index (κ1) is 62.4. The lowest BCUT2D eigenvalue weighted by Crippen LogP contribution is -2.43. The summed E-state index contributed by atoms with van der Waals surface area (Å²) in [7, 11) is -4.77. The van der Waals surface area contributed by atoms with Gasteiger partial charge in [-0.3, -0.25) is 18.6 Å². The second-order valence-corrected chi connectivity index (χ2v) is 19.2.